The summed E-state index contributed by atoms with van der Waals surface area (Å²) in [4.78, 5) is 0. The second-order valence-electron chi connectivity index (χ2n) is 1.83. The quantitative estimate of drug-likeness (QED) is 0.570. The normalized spacial score (nSPS) is 9.20. The van der Waals surface area contributed by atoms with Crippen LogP contribution in [0.1, 0.15) is 0 Å². The zero-order valence-corrected chi connectivity index (χ0v) is 8.83. The molecule has 0 aliphatic heterocycles. The fourth-order valence-corrected chi connectivity index (χ4v) is 0.788. The molecule has 1 radical (unpaired) electrons. The van der Waals surface area contributed by atoms with Crippen LogP contribution in [0.4, 0.5) is 0 Å². The van der Waals surface area contributed by atoms with E-state index in [1.54, 1.807) is 0 Å². The zero-order valence-electron chi connectivity index (χ0n) is 5.70. The van der Waals surface area contributed by atoms with Crippen LogP contribution in [0, 0.1) is 0 Å². The van der Waals surface area contributed by atoms with Gasteiger partial charge in [-0.15, -0.1) is 5.10 Å². The van der Waals surface area contributed by atoms with E-state index < -0.39 is 0 Å². The summed E-state index contributed by atoms with van der Waals surface area (Å²) in [6.45, 7) is 0. The Morgan fingerprint density at radius 3 is 2.80 bits per heavy atom. The van der Waals surface area contributed by atoms with Gasteiger partial charge in [0.1, 0.15) is 5.52 Å². The minimum absolute atomic E-state index is 0. The summed E-state index contributed by atoms with van der Waals surface area (Å²) in [6, 6.07) is 7.74. The molecule has 0 bridgehead atoms. The summed E-state index contributed by atoms with van der Waals surface area (Å²) in [7, 11) is 0. The van der Waals surface area contributed by atoms with Gasteiger partial charge in [0, 0.05) is 51.4 Å². The maximum absolute atomic E-state index is 3.81. The molecule has 1 aromatic carbocycles. The van der Waals surface area contributed by atoms with Crippen molar-refractivity contribution in [2.45, 2.75) is 0 Å². The van der Waals surface area contributed by atoms with Gasteiger partial charge in [-0.1, -0.05) is 17.3 Å². The first-order valence-electron chi connectivity index (χ1n) is 2.72. The molecule has 1 N–H and O–H groups in total. The minimum Gasteiger partial charge on any atom is -0.258 e. The Labute approximate surface area is 101 Å². The predicted molar refractivity (Wildman–Crippen MR) is 39.6 cm³/mol. The molecule has 4 heteroatoms. The van der Waals surface area contributed by atoms with Crippen molar-refractivity contribution >= 4 is 62.4 Å². The smallest absolute Gasteiger partial charge is 0.112 e. The fraction of sp³-hybridized carbons (Fsp3) is 0. The Balaban J connectivity index is 0.000000500. The molecule has 1 aromatic heterocycles. The molecule has 0 spiro atoms. The zero-order chi connectivity index (χ0) is 6.10. The molecule has 2 aromatic rings. The van der Waals surface area contributed by atoms with Crippen LogP contribution in [0.25, 0.3) is 11.0 Å². The maximum Gasteiger partial charge on any atom is 0.112 e. The predicted octanol–water partition coefficient (Wildman–Crippen LogP) is 0.577. The number of para-hydroxylation sites is 1. The molecular weight excluding hydrogens is 153 g/mol. The van der Waals surface area contributed by atoms with Crippen molar-refractivity contribution in [3.63, 3.8) is 0 Å². The van der Waals surface area contributed by atoms with Crippen molar-refractivity contribution in [1.82, 2.24) is 15.4 Å². The molecular formula is C6H5KN3. The number of hydrogen-bond donors (Lipinski definition) is 1. The molecule has 0 amide bonds. The summed E-state index contributed by atoms with van der Waals surface area (Å²) in [5.41, 5.74) is 1.90. The standard InChI is InChI=1S/C6H5N3.K/c1-2-4-6-5(3-1)7-9-8-6;/h1-4H,(H,7,8,9);. The minimum atomic E-state index is 0. The van der Waals surface area contributed by atoms with E-state index in [4.69, 9.17) is 0 Å². The van der Waals surface area contributed by atoms with E-state index in [1.165, 1.54) is 0 Å². The van der Waals surface area contributed by atoms with Gasteiger partial charge < -0.3 is 0 Å². The first-order chi connectivity index (χ1) is 4.47. The van der Waals surface area contributed by atoms with Crippen molar-refractivity contribution in [2.75, 3.05) is 0 Å². The first kappa shape index (κ1) is 8.35. The monoisotopic (exact) mass is 158 g/mol. The fourth-order valence-electron chi connectivity index (χ4n) is 0.788. The molecule has 2 rings (SSSR count). The average molecular weight is 158 g/mol. The van der Waals surface area contributed by atoms with Crippen LogP contribution in [-0.4, -0.2) is 66.8 Å². The number of H-pyrrole nitrogens is 1. The van der Waals surface area contributed by atoms with Gasteiger partial charge >= 0.3 is 0 Å². The van der Waals surface area contributed by atoms with Crippen molar-refractivity contribution in [3.8, 4) is 0 Å². The van der Waals surface area contributed by atoms with E-state index in [9.17, 15) is 0 Å². The maximum atomic E-state index is 3.81. The first-order valence-corrected chi connectivity index (χ1v) is 2.72. The summed E-state index contributed by atoms with van der Waals surface area (Å²) >= 11 is 0. The summed E-state index contributed by atoms with van der Waals surface area (Å²) in [6.07, 6.45) is 0. The van der Waals surface area contributed by atoms with Crippen molar-refractivity contribution in [1.29, 1.82) is 0 Å². The Morgan fingerprint density at radius 2 is 2.00 bits per heavy atom. The molecule has 0 atom stereocenters. The molecule has 3 nitrogen and oxygen atoms in total. The summed E-state index contributed by atoms with van der Waals surface area (Å²) in [5, 5.41) is 10.2. The van der Waals surface area contributed by atoms with Crippen LogP contribution in [-0.2, 0) is 0 Å². The van der Waals surface area contributed by atoms with Crippen LogP contribution < -0.4 is 0 Å². The van der Waals surface area contributed by atoms with E-state index in [0.29, 0.717) is 0 Å². The number of hydrogen-bond acceptors (Lipinski definition) is 2. The Bertz CT molecular complexity index is 287. The third-order valence-corrected chi connectivity index (χ3v) is 1.23. The molecule has 0 saturated carbocycles. The summed E-state index contributed by atoms with van der Waals surface area (Å²) < 4.78 is 0. The van der Waals surface area contributed by atoms with Crippen molar-refractivity contribution in [3.05, 3.63) is 24.3 Å². The molecule has 0 saturated heterocycles. The third-order valence-electron chi connectivity index (χ3n) is 1.23. The van der Waals surface area contributed by atoms with E-state index >= 15 is 0 Å². The number of nitrogens with zero attached hydrogens (tertiary/aromatic N) is 2. The number of aromatic amines is 1. The third kappa shape index (κ3) is 1.46. The van der Waals surface area contributed by atoms with Gasteiger partial charge in [-0.05, 0) is 12.1 Å². The van der Waals surface area contributed by atoms with Gasteiger partial charge in [-0.3, -0.25) is 5.10 Å². The Kier molecular flexibility index (Phi) is 3.00. The second kappa shape index (κ2) is 3.59. The molecule has 0 aliphatic rings. The van der Waals surface area contributed by atoms with Crippen molar-refractivity contribution in [2.24, 2.45) is 0 Å². The van der Waals surface area contributed by atoms with Crippen LogP contribution >= 0.6 is 0 Å². The van der Waals surface area contributed by atoms with Crippen LogP contribution in [0.3, 0.4) is 0 Å². The molecule has 0 fully saturated rings. The number of benzene rings is 1. The largest absolute Gasteiger partial charge is 0.258 e. The second-order valence-corrected chi connectivity index (χ2v) is 1.83. The Hall–Kier alpha value is 0.256. The molecule has 0 aliphatic carbocycles. The number of rotatable bonds is 0. The van der Waals surface area contributed by atoms with Gasteiger partial charge in [0.05, 0.1) is 5.52 Å². The van der Waals surface area contributed by atoms with Gasteiger partial charge in [0.15, 0.2) is 0 Å². The van der Waals surface area contributed by atoms with Gasteiger partial charge in [0.2, 0.25) is 0 Å². The van der Waals surface area contributed by atoms with Gasteiger partial charge in [-0.2, -0.15) is 0 Å². The molecule has 1 heterocycles. The number of fused-ring (bicyclic) bond motifs is 1. The van der Waals surface area contributed by atoms with Crippen LogP contribution in [0.15, 0.2) is 24.3 Å². The van der Waals surface area contributed by atoms with E-state index in [2.05, 4.69) is 15.4 Å². The van der Waals surface area contributed by atoms with Gasteiger partial charge in [0.25, 0.3) is 0 Å². The van der Waals surface area contributed by atoms with Crippen LogP contribution in [0.2, 0.25) is 0 Å². The molecule has 10 heavy (non-hydrogen) atoms. The van der Waals surface area contributed by atoms with E-state index in [-0.39, 0.29) is 51.4 Å². The molecule has 45 valence electrons. The molecule has 0 unspecified atom stereocenters. The van der Waals surface area contributed by atoms with Gasteiger partial charge in [-0.25, -0.2) is 0 Å². The SMILES string of the molecule is [K].c1ccc2[nH]nnc2c1. The number of aromatic nitrogens is 3. The van der Waals surface area contributed by atoms with E-state index in [0.717, 1.165) is 11.0 Å². The van der Waals surface area contributed by atoms with Crippen LogP contribution in [0.5, 0.6) is 0 Å². The topological polar surface area (TPSA) is 41.6 Å². The average Bonchev–Trinajstić information content (AvgIpc) is 2.33. The number of nitrogens with one attached hydrogen (secondary N) is 1. The van der Waals surface area contributed by atoms with Crippen molar-refractivity contribution < 1.29 is 0 Å². The Morgan fingerprint density at radius 1 is 1.20 bits per heavy atom. The summed E-state index contributed by atoms with van der Waals surface area (Å²) in [5.74, 6) is 0. The van der Waals surface area contributed by atoms with E-state index in [1.807, 2.05) is 24.3 Å².